The quantitative estimate of drug-likeness (QED) is 0.866. The highest BCUT2D eigenvalue weighted by molar-refractivity contribution is 6.09. The van der Waals surface area contributed by atoms with Crippen LogP contribution in [0.1, 0.15) is 25.0 Å². The lowest BCUT2D eigenvalue weighted by atomic mass is 10.1. The Morgan fingerprint density at radius 1 is 1.14 bits per heavy atom. The van der Waals surface area contributed by atoms with Crippen LogP contribution in [0.25, 0.3) is 0 Å². The van der Waals surface area contributed by atoms with Crippen molar-refractivity contribution >= 4 is 29.0 Å². The summed E-state index contributed by atoms with van der Waals surface area (Å²) in [5, 5.41) is 6.92. The van der Waals surface area contributed by atoms with Crippen LogP contribution in [-0.4, -0.2) is 42.7 Å². The molecule has 146 valence electrons. The summed E-state index contributed by atoms with van der Waals surface area (Å²) in [5.74, 6) is 0.215. The Bertz CT molecular complexity index is 889. The molecule has 2 aromatic rings. The zero-order valence-corrected chi connectivity index (χ0v) is 16.5. The number of carbonyl (C=O) groups is 2. The Morgan fingerprint density at radius 2 is 1.79 bits per heavy atom. The Labute approximate surface area is 164 Å². The molecule has 2 aromatic carbocycles. The van der Waals surface area contributed by atoms with E-state index in [2.05, 4.69) is 10.5 Å². The van der Waals surface area contributed by atoms with Gasteiger partial charge in [-0.05, 0) is 48.9 Å². The minimum absolute atomic E-state index is 0.125. The molecule has 0 spiro atoms. The molecule has 28 heavy (non-hydrogen) atoms. The normalized spacial score (nSPS) is 16.3. The summed E-state index contributed by atoms with van der Waals surface area (Å²) in [5.41, 5.74) is 3.50. The van der Waals surface area contributed by atoms with Gasteiger partial charge >= 0.3 is 0 Å². The zero-order chi connectivity index (χ0) is 20.3. The molecule has 1 aliphatic rings. The summed E-state index contributed by atoms with van der Waals surface area (Å²) in [6.45, 7) is 3.51. The van der Waals surface area contributed by atoms with E-state index >= 15 is 0 Å². The molecule has 0 saturated carbocycles. The standard InChI is InChI=1S/C21H24N4O3/c1-14-21(27)25(13-16-5-9-18(10-6-16)22-15(2)26)20(23-28-14)17-7-11-19(12-8-17)24(3)4/h5-12,14H,13H2,1-4H3,(H,22,26). The van der Waals surface area contributed by atoms with Gasteiger partial charge in [0.2, 0.25) is 12.0 Å². The highest BCUT2D eigenvalue weighted by Crippen LogP contribution is 2.21. The van der Waals surface area contributed by atoms with E-state index in [0.717, 1.165) is 16.8 Å². The second-order valence-electron chi connectivity index (χ2n) is 6.91. The third-order valence-electron chi connectivity index (χ3n) is 4.42. The summed E-state index contributed by atoms with van der Waals surface area (Å²) < 4.78 is 0. The molecule has 0 aliphatic carbocycles. The Balaban J connectivity index is 1.85. The SMILES string of the molecule is CC(=O)Nc1ccc(CN2C(=O)C(C)ON=C2c2ccc(N(C)C)cc2)cc1. The zero-order valence-electron chi connectivity index (χ0n) is 16.5. The number of nitrogens with zero attached hydrogens (tertiary/aromatic N) is 3. The number of hydrogen-bond acceptors (Lipinski definition) is 5. The first-order valence-electron chi connectivity index (χ1n) is 9.04. The fourth-order valence-corrected chi connectivity index (χ4v) is 2.90. The van der Waals surface area contributed by atoms with E-state index in [0.29, 0.717) is 18.1 Å². The predicted molar refractivity (Wildman–Crippen MR) is 109 cm³/mol. The molecule has 0 fully saturated rings. The van der Waals surface area contributed by atoms with E-state index in [1.165, 1.54) is 6.92 Å². The lowest BCUT2D eigenvalue weighted by Gasteiger charge is -2.30. The van der Waals surface area contributed by atoms with Crippen molar-refractivity contribution in [2.24, 2.45) is 5.16 Å². The maximum absolute atomic E-state index is 12.8. The van der Waals surface area contributed by atoms with Crippen LogP contribution in [0.5, 0.6) is 0 Å². The third-order valence-corrected chi connectivity index (χ3v) is 4.42. The first-order chi connectivity index (χ1) is 13.3. The maximum atomic E-state index is 12.8. The average Bonchev–Trinajstić information content (AvgIpc) is 2.67. The molecule has 7 nitrogen and oxygen atoms in total. The van der Waals surface area contributed by atoms with Crippen molar-refractivity contribution in [3.8, 4) is 0 Å². The number of carbonyl (C=O) groups excluding carboxylic acids is 2. The summed E-state index contributed by atoms with van der Waals surface area (Å²) in [6, 6.07) is 15.2. The molecule has 0 radical (unpaired) electrons. The molecule has 1 heterocycles. The number of hydrogen-bond donors (Lipinski definition) is 1. The number of nitrogens with one attached hydrogen (secondary N) is 1. The van der Waals surface area contributed by atoms with Crippen LogP contribution >= 0.6 is 0 Å². The van der Waals surface area contributed by atoms with Gasteiger partial charge in [0, 0.05) is 38.0 Å². The van der Waals surface area contributed by atoms with E-state index in [9.17, 15) is 9.59 Å². The van der Waals surface area contributed by atoms with Gasteiger partial charge in [-0.1, -0.05) is 17.3 Å². The summed E-state index contributed by atoms with van der Waals surface area (Å²) in [7, 11) is 3.94. The van der Waals surface area contributed by atoms with Crippen molar-refractivity contribution in [3.63, 3.8) is 0 Å². The van der Waals surface area contributed by atoms with E-state index < -0.39 is 6.10 Å². The molecule has 0 aromatic heterocycles. The number of rotatable bonds is 5. The van der Waals surface area contributed by atoms with E-state index in [1.807, 2.05) is 67.5 Å². The molecular formula is C21H24N4O3. The van der Waals surface area contributed by atoms with Gasteiger partial charge in [0.05, 0.1) is 6.54 Å². The predicted octanol–water partition coefficient (Wildman–Crippen LogP) is 2.82. The smallest absolute Gasteiger partial charge is 0.272 e. The first kappa shape index (κ1) is 19.4. The largest absolute Gasteiger partial charge is 0.381 e. The Morgan fingerprint density at radius 3 is 2.36 bits per heavy atom. The van der Waals surface area contributed by atoms with Gasteiger partial charge in [0.25, 0.3) is 5.91 Å². The number of amides is 2. The summed E-state index contributed by atoms with van der Waals surface area (Å²) >= 11 is 0. The van der Waals surface area contributed by atoms with E-state index in [4.69, 9.17) is 4.84 Å². The number of oxime groups is 1. The Hall–Kier alpha value is -3.35. The van der Waals surface area contributed by atoms with Crippen molar-refractivity contribution in [1.82, 2.24) is 4.90 Å². The molecular weight excluding hydrogens is 356 g/mol. The summed E-state index contributed by atoms with van der Waals surface area (Å²) in [4.78, 5) is 32.9. The van der Waals surface area contributed by atoms with Crippen LogP contribution in [-0.2, 0) is 21.0 Å². The van der Waals surface area contributed by atoms with Gasteiger partial charge in [-0.3, -0.25) is 14.5 Å². The summed E-state index contributed by atoms with van der Waals surface area (Å²) in [6.07, 6.45) is -0.636. The van der Waals surface area contributed by atoms with Crippen molar-refractivity contribution in [2.75, 3.05) is 24.3 Å². The van der Waals surface area contributed by atoms with Crippen LogP contribution in [0.2, 0.25) is 0 Å². The molecule has 2 amide bonds. The van der Waals surface area contributed by atoms with E-state index in [-0.39, 0.29) is 11.8 Å². The highest BCUT2D eigenvalue weighted by atomic mass is 16.6. The Kier molecular flexibility index (Phi) is 5.63. The monoisotopic (exact) mass is 380 g/mol. The molecule has 1 aliphatic heterocycles. The minimum atomic E-state index is -0.636. The fourth-order valence-electron chi connectivity index (χ4n) is 2.90. The third kappa shape index (κ3) is 4.31. The molecule has 1 atom stereocenters. The van der Waals surface area contributed by atoms with E-state index in [1.54, 1.807) is 11.8 Å². The number of benzene rings is 2. The minimum Gasteiger partial charge on any atom is -0.381 e. The maximum Gasteiger partial charge on any atom is 0.272 e. The molecule has 1 unspecified atom stereocenters. The van der Waals surface area contributed by atoms with Crippen LogP contribution in [0.15, 0.2) is 53.7 Å². The van der Waals surface area contributed by atoms with Gasteiger partial charge in [-0.25, -0.2) is 0 Å². The first-order valence-corrected chi connectivity index (χ1v) is 9.04. The lowest BCUT2D eigenvalue weighted by Crippen LogP contribution is -2.46. The van der Waals surface area contributed by atoms with Crippen molar-refractivity contribution < 1.29 is 14.4 Å². The average molecular weight is 380 g/mol. The van der Waals surface area contributed by atoms with Gasteiger partial charge in [-0.15, -0.1) is 0 Å². The number of anilines is 2. The highest BCUT2D eigenvalue weighted by Gasteiger charge is 2.31. The van der Waals surface area contributed by atoms with Gasteiger partial charge < -0.3 is 15.1 Å². The van der Waals surface area contributed by atoms with Gasteiger partial charge in [0.15, 0.2) is 5.84 Å². The van der Waals surface area contributed by atoms with Crippen LogP contribution in [0, 0.1) is 0 Å². The van der Waals surface area contributed by atoms with Gasteiger partial charge in [0.1, 0.15) is 0 Å². The van der Waals surface area contributed by atoms with Crippen LogP contribution < -0.4 is 10.2 Å². The number of amidine groups is 1. The molecule has 0 bridgehead atoms. The second-order valence-corrected chi connectivity index (χ2v) is 6.91. The van der Waals surface area contributed by atoms with Crippen LogP contribution in [0.4, 0.5) is 11.4 Å². The van der Waals surface area contributed by atoms with Crippen LogP contribution in [0.3, 0.4) is 0 Å². The molecule has 3 rings (SSSR count). The molecule has 0 saturated heterocycles. The fraction of sp³-hybridized carbons (Fsp3) is 0.286. The topological polar surface area (TPSA) is 74.2 Å². The van der Waals surface area contributed by atoms with Crippen molar-refractivity contribution in [3.05, 3.63) is 59.7 Å². The van der Waals surface area contributed by atoms with Crippen molar-refractivity contribution in [2.45, 2.75) is 26.5 Å². The molecule has 7 heteroatoms. The van der Waals surface area contributed by atoms with Gasteiger partial charge in [-0.2, -0.15) is 0 Å². The second kappa shape index (κ2) is 8.12. The molecule has 1 N–H and O–H groups in total. The van der Waals surface area contributed by atoms with Crippen molar-refractivity contribution in [1.29, 1.82) is 0 Å². The lowest BCUT2D eigenvalue weighted by molar-refractivity contribution is -0.142.